The number of hydrogen-bond acceptors (Lipinski definition) is 1. The van der Waals surface area contributed by atoms with Gasteiger partial charge in [-0.25, -0.2) is 0 Å². The standard InChI is InChI=1S/C8H9O.2ClH.Mg/c1-7-5-3-4-6-8(7)9-2;;;/h3-6H,1H2,2H3;2*1H;/q;;;+2/p-2. The van der Waals surface area contributed by atoms with Crippen LogP contribution in [0.2, 0.25) is 0 Å². The minimum Gasteiger partial charge on any atom is -0.496 e. The Morgan fingerprint density at radius 1 is 1.33 bits per heavy atom. The van der Waals surface area contributed by atoms with Gasteiger partial charge >= 0.3 is 18.2 Å². The lowest BCUT2D eigenvalue weighted by atomic mass is 10.2. The maximum Gasteiger partial charge on any atom is 0.618 e. The summed E-state index contributed by atoms with van der Waals surface area (Å²) in [6, 6.07) is 7.67. The molecule has 0 atom stereocenters. The molecule has 1 aromatic carbocycles. The molecule has 1 radical (unpaired) electrons. The Morgan fingerprint density at radius 2 is 1.83 bits per heavy atom. The van der Waals surface area contributed by atoms with E-state index in [4.69, 9.17) is 22.9 Å². The summed E-state index contributed by atoms with van der Waals surface area (Å²) in [5.74, 6) is 0.845. The Bertz CT molecular complexity index is 218. The number of methoxy groups -OCH3 is 1. The molecule has 0 fully saturated rings. The van der Waals surface area contributed by atoms with E-state index >= 15 is 0 Å². The third kappa shape index (κ3) is 5.09. The first kappa shape index (κ1) is 12.4. The maximum absolute atomic E-state index is 4.98. The molecule has 0 aliphatic carbocycles. The van der Waals surface area contributed by atoms with E-state index in [-0.39, 0.29) is 0 Å². The second kappa shape index (κ2) is 7.99. The van der Waals surface area contributed by atoms with Crippen molar-refractivity contribution in [1.82, 2.24) is 0 Å². The average Bonchev–Trinajstić information content (AvgIpc) is 2.07. The largest absolute Gasteiger partial charge is 0.618 e. The predicted octanol–water partition coefficient (Wildman–Crippen LogP) is 2.88. The van der Waals surface area contributed by atoms with Crippen LogP contribution in [0.25, 0.3) is 0 Å². The first-order chi connectivity index (χ1) is 5.76. The van der Waals surface area contributed by atoms with Crippen molar-refractivity contribution in [3.8, 4) is 5.75 Å². The molecule has 0 aliphatic heterocycles. The van der Waals surface area contributed by atoms with Gasteiger partial charge in [0.2, 0.25) is 0 Å². The summed E-state index contributed by atoms with van der Waals surface area (Å²) < 4.78 is 4.98. The fraction of sp³-hybridized carbons (Fsp3) is 0.125. The number of rotatable bonds is 1. The molecule has 0 saturated carbocycles. The van der Waals surface area contributed by atoms with E-state index in [1.54, 1.807) is 7.11 Å². The van der Waals surface area contributed by atoms with Crippen molar-refractivity contribution in [2.24, 2.45) is 0 Å². The van der Waals surface area contributed by atoms with Crippen molar-refractivity contribution in [2.45, 2.75) is 0 Å². The first-order valence-electron chi connectivity index (χ1n) is 3.33. The minimum atomic E-state index is -0.639. The topological polar surface area (TPSA) is 9.23 Å². The number of halogens is 2. The van der Waals surface area contributed by atoms with Crippen LogP contribution in [0.5, 0.6) is 5.75 Å². The van der Waals surface area contributed by atoms with Gasteiger partial charge in [-0.05, 0) is 18.6 Å². The van der Waals surface area contributed by atoms with Gasteiger partial charge in [0.15, 0.2) is 0 Å². The van der Waals surface area contributed by atoms with Gasteiger partial charge in [0.1, 0.15) is 5.75 Å². The summed E-state index contributed by atoms with van der Waals surface area (Å²) in [5.41, 5.74) is 0.931. The van der Waals surface area contributed by atoms with Gasteiger partial charge < -0.3 is 22.9 Å². The van der Waals surface area contributed by atoms with E-state index in [9.17, 15) is 0 Å². The van der Waals surface area contributed by atoms with Crippen LogP contribution in [-0.4, -0.2) is 25.3 Å². The van der Waals surface area contributed by atoms with Crippen LogP contribution < -0.4 is 4.74 Å². The van der Waals surface area contributed by atoms with Crippen molar-refractivity contribution in [3.63, 3.8) is 0 Å². The van der Waals surface area contributed by atoms with Gasteiger partial charge in [0, 0.05) is 0 Å². The maximum atomic E-state index is 4.98. The van der Waals surface area contributed by atoms with Crippen LogP contribution in [0.15, 0.2) is 24.3 Å². The average molecular weight is 216 g/mol. The molecule has 1 rings (SSSR count). The molecule has 0 unspecified atom stereocenters. The number of hydrogen-bond donors (Lipinski definition) is 0. The molecule has 0 aromatic heterocycles. The highest BCUT2D eigenvalue weighted by Crippen LogP contribution is 2.14. The lowest BCUT2D eigenvalue weighted by Gasteiger charge is -2.00. The monoisotopic (exact) mass is 215 g/mol. The molecule has 63 valence electrons. The van der Waals surface area contributed by atoms with Crippen LogP contribution in [-0.2, 0) is 0 Å². The van der Waals surface area contributed by atoms with Crippen molar-refractivity contribution in [1.29, 1.82) is 0 Å². The second-order valence-corrected chi connectivity index (χ2v) is 4.54. The summed E-state index contributed by atoms with van der Waals surface area (Å²) in [7, 11) is 11.4. The Labute approximate surface area is 90.3 Å². The van der Waals surface area contributed by atoms with E-state index in [2.05, 4.69) is 6.92 Å². The highest BCUT2D eigenvalue weighted by molar-refractivity contribution is 7.22. The highest BCUT2D eigenvalue weighted by atomic mass is 35.6. The Balaban J connectivity index is 0.000000354. The highest BCUT2D eigenvalue weighted by Gasteiger charge is 1.91. The minimum absolute atomic E-state index is 0.639. The van der Waals surface area contributed by atoms with E-state index < -0.39 is 18.2 Å². The van der Waals surface area contributed by atoms with E-state index in [0.717, 1.165) is 11.3 Å². The molecule has 0 amide bonds. The SMILES string of the molecule is [CH2]c1ccccc1OC.[Cl][Mg][Cl]. The molecule has 0 bridgehead atoms. The zero-order valence-electron chi connectivity index (χ0n) is 6.89. The van der Waals surface area contributed by atoms with Gasteiger partial charge in [-0.2, -0.15) is 0 Å². The smallest absolute Gasteiger partial charge is 0.496 e. The Morgan fingerprint density at radius 3 is 2.17 bits per heavy atom. The summed E-state index contributed by atoms with van der Waals surface area (Å²) in [4.78, 5) is 0. The molecular weight excluding hydrogens is 207 g/mol. The van der Waals surface area contributed by atoms with Gasteiger partial charge in [-0.15, -0.1) is 0 Å². The lowest BCUT2D eigenvalue weighted by Crippen LogP contribution is -1.84. The zero-order valence-corrected chi connectivity index (χ0v) is 9.81. The molecule has 0 aliphatic rings. The van der Waals surface area contributed by atoms with Crippen LogP contribution >= 0.6 is 18.1 Å². The van der Waals surface area contributed by atoms with Gasteiger partial charge in [-0.1, -0.05) is 18.2 Å². The number of para-hydroxylation sites is 1. The quantitative estimate of drug-likeness (QED) is 0.656. The van der Waals surface area contributed by atoms with Crippen LogP contribution in [0, 0.1) is 6.92 Å². The molecule has 4 heteroatoms. The summed E-state index contributed by atoms with van der Waals surface area (Å²) in [6.45, 7) is 3.77. The zero-order chi connectivity index (χ0) is 9.40. The fourth-order valence-electron chi connectivity index (χ4n) is 0.703. The summed E-state index contributed by atoms with van der Waals surface area (Å²) in [5, 5.41) is 0. The Kier molecular flexibility index (Phi) is 8.23. The van der Waals surface area contributed by atoms with Crippen molar-refractivity contribution >= 4 is 36.3 Å². The van der Waals surface area contributed by atoms with Gasteiger partial charge in [0.05, 0.1) is 7.11 Å². The van der Waals surface area contributed by atoms with Gasteiger partial charge in [0.25, 0.3) is 0 Å². The van der Waals surface area contributed by atoms with Crippen LogP contribution in [0.4, 0.5) is 0 Å². The normalized spacial score (nSPS) is 7.67. The number of ether oxygens (including phenoxy) is 1. The lowest BCUT2D eigenvalue weighted by molar-refractivity contribution is 0.413. The second-order valence-electron chi connectivity index (χ2n) is 1.91. The van der Waals surface area contributed by atoms with Crippen LogP contribution in [0.1, 0.15) is 5.56 Å². The van der Waals surface area contributed by atoms with Gasteiger partial charge in [-0.3, -0.25) is 0 Å². The van der Waals surface area contributed by atoms with E-state index in [0.29, 0.717) is 0 Å². The van der Waals surface area contributed by atoms with E-state index in [1.165, 1.54) is 0 Å². The Hall–Kier alpha value is 0.366. The fourth-order valence-corrected chi connectivity index (χ4v) is 0.703. The molecule has 1 nitrogen and oxygen atoms in total. The van der Waals surface area contributed by atoms with Crippen LogP contribution in [0.3, 0.4) is 0 Å². The summed E-state index contributed by atoms with van der Waals surface area (Å²) >= 11 is -0.639. The van der Waals surface area contributed by atoms with Crippen molar-refractivity contribution in [2.75, 3.05) is 7.11 Å². The number of benzene rings is 1. The predicted molar refractivity (Wildman–Crippen MR) is 54.9 cm³/mol. The van der Waals surface area contributed by atoms with Crippen molar-refractivity contribution in [3.05, 3.63) is 36.8 Å². The van der Waals surface area contributed by atoms with E-state index in [1.807, 2.05) is 24.3 Å². The molecular formula is C8H9Cl2MgO. The molecule has 0 N–H and O–H groups in total. The summed E-state index contributed by atoms with van der Waals surface area (Å²) in [6.07, 6.45) is 0. The molecule has 0 spiro atoms. The molecule has 1 aromatic rings. The molecule has 0 saturated heterocycles. The van der Waals surface area contributed by atoms with Crippen molar-refractivity contribution < 1.29 is 4.74 Å². The molecule has 0 heterocycles. The third-order valence-corrected chi connectivity index (χ3v) is 1.19. The molecule has 12 heavy (non-hydrogen) atoms. The first-order valence-corrected chi connectivity index (χ1v) is 7.60. The third-order valence-electron chi connectivity index (χ3n) is 1.19.